The molecule has 0 aliphatic carbocycles. The highest BCUT2D eigenvalue weighted by molar-refractivity contribution is 6.70. The van der Waals surface area contributed by atoms with Crippen molar-refractivity contribution in [3.63, 3.8) is 0 Å². The third-order valence-corrected chi connectivity index (χ3v) is 1.53. The van der Waals surface area contributed by atoms with E-state index in [2.05, 4.69) is 4.98 Å². The minimum atomic E-state index is -3.64. The molecule has 0 spiro atoms. The molecule has 0 radical (unpaired) electrons. The first-order chi connectivity index (χ1) is 5.41. The number of hydrogen-bond acceptors (Lipinski definition) is 5. The molecule has 1 heterocycles. The maximum absolute atomic E-state index is 8.88. The number of aromatic hydroxyl groups is 1. The third kappa shape index (κ3) is 1.86. The van der Waals surface area contributed by atoms with Crippen LogP contribution >= 0.6 is 11.6 Å². The van der Waals surface area contributed by atoms with Crippen LogP contribution in [0.5, 0.6) is 5.75 Å². The van der Waals surface area contributed by atoms with Gasteiger partial charge in [-0.05, 0) is 11.7 Å². The molecule has 1 rings (SSSR count). The summed E-state index contributed by atoms with van der Waals surface area (Å²) in [5.41, 5.74) is -0.391. The fraction of sp³-hybridized carbons (Fsp3) is 0. The van der Waals surface area contributed by atoms with Crippen molar-refractivity contribution in [3.8, 4) is 5.75 Å². The minimum absolute atomic E-state index is 0.291. The van der Waals surface area contributed by atoms with Gasteiger partial charge in [0.1, 0.15) is 0 Å². The highest BCUT2D eigenvalue weighted by atomic mass is 35.5. The number of halogens is 1. The second kappa shape index (κ2) is 2.91. The molecular formula is C5H6BClNO4-. The van der Waals surface area contributed by atoms with Crippen molar-refractivity contribution >= 4 is 23.9 Å². The van der Waals surface area contributed by atoms with Crippen molar-refractivity contribution in [2.45, 2.75) is 0 Å². The molecule has 0 saturated heterocycles. The van der Waals surface area contributed by atoms with E-state index in [1.807, 2.05) is 0 Å². The molecule has 66 valence electrons. The molecule has 0 saturated carbocycles. The molecular weight excluding hydrogens is 184 g/mol. The quantitative estimate of drug-likeness (QED) is 0.322. The highest BCUT2D eigenvalue weighted by Gasteiger charge is 2.20. The molecule has 5 nitrogen and oxygen atoms in total. The van der Waals surface area contributed by atoms with Gasteiger partial charge in [0, 0.05) is 0 Å². The van der Waals surface area contributed by atoms with Crippen LogP contribution in [0.2, 0.25) is 5.15 Å². The topological polar surface area (TPSA) is 93.8 Å². The lowest BCUT2D eigenvalue weighted by molar-refractivity contribution is 0.248. The normalized spacial score (nSPS) is 11.7. The van der Waals surface area contributed by atoms with E-state index in [0.717, 1.165) is 12.1 Å². The van der Waals surface area contributed by atoms with Gasteiger partial charge in [-0.1, -0.05) is 17.7 Å². The summed E-state index contributed by atoms with van der Waals surface area (Å²) in [7, 11) is 0. The van der Waals surface area contributed by atoms with Gasteiger partial charge in [0.25, 0.3) is 0 Å². The van der Waals surface area contributed by atoms with E-state index in [1.54, 1.807) is 0 Å². The summed E-state index contributed by atoms with van der Waals surface area (Å²) < 4.78 is 0. The van der Waals surface area contributed by atoms with Crippen molar-refractivity contribution in [2.24, 2.45) is 0 Å². The molecule has 0 aromatic carbocycles. The molecule has 1 aromatic rings. The minimum Gasteiger partial charge on any atom is -0.555 e. The average Bonchev–Trinajstić information content (AvgIpc) is 1.92. The fourth-order valence-electron chi connectivity index (χ4n) is 0.657. The van der Waals surface area contributed by atoms with E-state index in [4.69, 9.17) is 31.8 Å². The Labute approximate surface area is 72.9 Å². The van der Waals surface area contributed by atoms with Crippen LogP contribution in [0.15, 0.2) is 12.1 Å². The smallest absolute Gasteiger partial charge is 0.420 e. The first kappa shape index (κ1) is 9.27. The van der Waals surface area contributed by atoms with Gasteiger partial charge in [0.05, 0.1) is 0 Å². The van der Waals surface area contributed by atoms with Gasteiger partial charge in [-0.15, -0.1) is 0 Å². The Morgan fingerprint density at radius 2 is 1.83 bits per heavy atom. The van der Waals surface area contributed by atoms with Crippen LogP contribution in [0.4, 0.5) is 0 Å². The van der Waals surface area contributed by atoms with Gasteiger partial charge in [-0.2, -0.15) is 0 Å². The van der Waals surface area contributed by atoms with Crippen LogP contribution in [0.1, 0.15) is 0 Å². The zero-order chi connectivity index (χ0) is 9.35. The van der Waals surface area contributed by atoms with Gasteiger partial charge in [-0.3, -0.25) is 4.98 Å². The van der Waals surface area contributed by atoms with Crippen molar-refractivity contribution in [1.82, 2.24) is 4.98 Å². The van der Waals surface area contributed by atoms with Gasteiger partial charge in [0.2, 0.25) is 0 Å². The Hall–Kier alpha value is -0.815. The first-order valence-electron chi connectivity index (χ1n) is 3.08. The summed E-state index contributed by atoms with van der Waals surface area (Å²) >= 11 is 5.34. The maximum atomic E-state index is 8.88. The highest BCUT2D eigenvalue weighted by Crippen LogP contribution is 2.17. The lowest BCUT2D eigenvalue weighted by Crippen LogP contribution is -2.50. The second-order valence-electron chi connectivity index (χ2n) is 2.28. The number of pyridine rings is 1. The van der Waals surface area contributed by atoms with Gasteiger partial charge in [-0.25, -0.2) is 0 Å². The van der Waals surface area contributed by atoms with E-state index < -0.39 is 12.3 Å². The maximum Gasteiger partial charge on any atom is 0.420 e. The molecule has 0 atom stereocenters. The van der Waals surface area contributed by atoms with E-state index >= 15 is 0 Å². The van der Waals surface area contributed by atoms with Crippen LogP contribution in [-0.2, 0) is 0 Å². The summed E-state index contributed by atoms with van der Waals surface area (Å²) in [4.78, 5) is 3.34. The Balaban J connectivity index is 3.14. The van der Waals surface area contributed by atoms with Crippen molar-refractivity contribution in [3.05, 3.63) is 17.3 Å². The van der Waals surface area contributed by atoms with Crippen molar-refractivity contribution in [1.29, 1.82) is 0 Å². The van der Waals surface area contributed by atoms with Crippen molar-refractivity contribution in [2.75, 3.05) is 0 Å². The zero-order valence-electron chi connectivity index (χ0n) is 5.85. The Morgan fingerprint density at radius 3 is 2.25 bits per heavy atom. The van der Waals surface area contributed by atoms with Crippen molar-refractivity contribution < 1.29 is 20.2 Å². The van der Waals surface area contributed by atoms with Gasteiger partial charge < -0.3 is 20.2 Å². The molecule has 0 bridgehead atoms. The van der Waals surface area contributed by atoms with Crippen LogP contribution < -0.4 is 5.59 Å². The molecule has 0 aliphatic heterocycles. The molecule has 0 unspecified atom stereocenters. The summed E-state index contributed by atoms with van der Waals surface area (Å²) in [6.07, 6.45) is 0. The Bertz CT molecular complexity index is 300. The lowest BCUT2D eigenvalue weighted by atomic mass is 9.75. The number of hydrogen-bond donors (Lipinski definition) is 4. The average molecular weight is 190 g/mol. The first-order valence-corrected chi connectivity index (χ1v) is 3.46. The second-order valence-corrected chi connectivity index (χ2v) is 2.64. The Kier molecular flexibility index (Phi) is 2.25. The summed E-state index contributed by atoms with van der Waals surface area (Å²) in [5, 5.41) is 34.6. The predicted octanol–water partition coefficient (Wildman–Crippen LogP) is -1.44. The number of aromatic nitrogens is 1. The standard InChI is InChI=1S/C5H6BClNO4/c7-5-3(9)1-2-4(8-5)6(10,11)12/h1-2,9-12H/q-1. The predicted molar refractivity (Wildman–Crippen MR) is 43.0 cm³/mol. The van der Waals surface area contributed by atoms with E-state index in [9.17, 15) is 0 Å². The third-order valence-electron chi connectivity index (χ3n) is 1.25. The lowest BCUT2D eigenvalue weighted by Gasteiger charge is -2.19. The molecule has 7 heteroatoms. The monoisotopic (exact) mass is 190 g/mol. The number of rotatable bonds is 1. The molecule has 0 aliphatic rings. The van der Waals surface area contributed by atoms with Crippen LogP contribution in [0.25, 0.3) is 0 Å². The molecule has 1 aromatic heterocycles. The largest absolute Gasteiger partial charge is 0.555 e. The summed E-state index contributed by atoms with van der Waals surface area (Å²) in [5.74, 6) is -0.291. The van der Waals surface area contributed by atoms with Gasteiger partial charge >= 0.3 is 6.75 Å². The summed E-state index contributed by atoms with van der Waals surface area (Å²) in [6.45, 7) is -3.64. The fourth-order valence-corrected chi connectivity index (χ4v) is 0.817. The summed E-state index contributed by atoms with van der Waals surface area (Å²) in [6, 6.07) is 2.16. The molecule has 0 amide bonds. The van der Waals surface area contributed by atoms with E-state index in [1.165, 1.54) is 0 Å². The zero-order valence-corrected chi connectivity index (χ0v) is 6.60. The molecule has 4 N–H and O–H groups in total. The number of nitrogens with zero attached hydrogens (tertiary/aromatic N) is 1. The molecule has 12 heavy (non-hydrogen) atoms. The van der Waals surface area contributed by atoms with E-state index in [0.29, 0.717) is 0 Å². The van der Waals surface area contributed by atoms with Crippen LogP contribution in [-0.4, -0.2) is 31.9 Å². The van der Waals surface area contributed by atoms with Crippen LogP contribution in [0, 0.1) is 0 Å². The van der Waals surface area contributed by atoms with Crippen LogP contribution in [0.3, 0.4) is 0 Å². The molecule has 0 fully saturated rings. The van der Waals surface area contributed by atoms with Gasteiger partial charge in [0.15, 0.2) is 10.9 Å². The van der Waals surface area contributed by atoms with E-state index in [-0.39, 0.29) is 10.9 Å². The SMILES string of the molecule is Oc1ccc([B-](O)(O)O)nc1Cl. The Morgan fingerprint density at radius 1 is 1.25 bits per heavy atom.